The van der Waals surface area contributed by atoms with Gasteiger partial charge in [-0.2, -0.15) is 0 Å². The van der Waals surface area contributed by atoms with Crippen LogP contribution in [0.25, 0.3) is 0 Å². The fraction of sp³-hybridized carbons (Fsp3) is 1.00. The summed E-state index contributed by atoms with van der Waals surface area (Å²) in [5.74, 6) is 0. The molecule has 58 valence electrons. The molecule has 0 heterocycles. The van der Waals surface area contributed by atoms with Gasteiger partial charge >= 0.3 is 0 Å². The Kier molecular flexibility index (Phi) is 14.1. The van der Waals surface area contributed by atoms with E-state index in [9.17, 15) is 0 Å². The van der Waals surface area contributed by atoms with Gasteiger partial charge in [-0.05, 0) is 7.05 Å². The Labute approximate surface area is 59.8 Å². The van der Waals surface area contributed by atoms with Crippen molar-refractivity contribution in [2.45, 2.75) is 46.6 Å². The predicted molar refractivity (Wildman–Crippen MR) is 44.8 cm³/mol. The molecule has 0 radical (unpaired) electrons. The molecule has 0 saturated carbocycles. The van der Waals surface area contributed by atoms with Crippen LogP contribution in [-0.4, -0.2) is 13.1 Å². The first-order chi connectivity index (χ1) is 4.18. The lowest BCUT2D eigenvalue weighted by Crippen LogP contribution is -2.15. The zero-order valence-electron chi connectivity index (χ0n) is 7.49. The van der Waals surface area contributed by atoms with Crippen LogP contribution in [0.15, 0.2) is 0 Å². The van der Waals surface area contributed by atoms with Crippen molar-refractivity contribution < 1.29 is 0 Å². The van der Waals surface area contributed by atoms with Crippen molar-refractivity contribution in [3.63, 3.8) is 0 Å². The number of nitrogens with one attached hydrogen (secondary N) is 1. The molecule has 0 bridgehead atoms. The van der Waals surface area contributed by atoms with Gasteiger partial charge in [0.25, 0.3) is 0 Å². The molecule has 0 fully saturated rings. The number of hydrogen-bond acceptors (Lipinski definition) is 1. The highest BCUT2D eigenvalue weighted by Crippen LogP contribution is 1.76. The van der Waals surface area contributed by atoms with Gasteiger partial charge in [0.1, 0.15) is 0 Å². The maximum absolute atomic E-state index is 3.03. The Morgan fingerprint density at radius 2 is 1.33 bits per heavy atom. The summed E-state index contributed by atoms with van der Waals surface area (Å²) in [5.41, 5.74) is 0. The topological polar surface area (TPSA) is 12.0 Å². The van der Waals surface area contributed by atoms with Crippen LogP contribution in [-0.2, 0) is 0 Å². The molecule has 1 nitrogen and oxygen atoms in total. The first-order valence-corrected chi connectivity index (χ1v) is 3.86. The molecular weight excluding hydrogens is 110 g/mol. The van der Waals surface area contributed by atoms with Gasteiger partial charge in [0, 0.05) is 6.04 Å². The van der Waals surface area contributed by atoms with Crippen molar-refractivity contribution in [3.8, 4) is 0 Å². The molecule has 1 heteroatoms. The van der Waals surface area contributed by atoms with Crippen LogP contribution in [0.2, 0.25) is 0 Å². The van der Waals surface area contributed by atoms with Gasteiger partial charge in [-0.25, -0.2) is 0 Å². The summed E-state index contributed by atoms with van der Waals surface area (Å²) in [6.07, 6.45) is 2.64. The van der Waals surface area contributed by atoms with E-state index in [0.717, 1.165) is 0 Å². The molecule has 0 rings (SSSR count). The summed E-state index contributed by atoms with van der Waals surface area (Å²) >= 11 is 0. The first-order valence-electron chi connectivity index (χ1n) is 3.86. The van der Waals surface area contributed by atoms with Crippen molar-refractivity contribution >= 4 is 0 Å². The summed E-state index contributed by atoms with van der Waals surface area (Å²) in [4.78, 5) is 0. The third kappa shape index (κ3) is 32.3. The maximum Gasteiger partial charge on any atom is 0.000733 e. The van der Waals surface area contributed by atoms with E-state index < -0.39 is 0 Å². The highest BCUT2D eigenvalue weighted by atomic mass is 14.8. The lowest BCUT2D eigenvalue weighted by molar-refractivity contribution is 0.668. The minimum Gasteiger partial charge on any atom is -0.318 e. The Bertz CT molecular complexity index is 31.5. The summed E-state index contributed by atoms with van der Waals surface area (Å²) in [6.45, 7) is 8.58. The van der Waals surface area contributed by atoms with Gasteiger partial charge in [0.05, 0.1) is 0 Å². The van der Waals surface area contributed by atoms with Crippen molar-refractivity contribution in [2.75, 3.05) is 7.05 Å². The first kappa shape index (κ1) is 11.7. The Balaban J connectivity index is 0. The zero-order valence-corrected chi connectivity index (χ0v) is 7.49. The minimum absolute atomic E-state index is 0.634. The Morgan fingerprint density at radius 3 is 1.33 bits per heavy atom. The summed E-state index contributed by atoms with van der Waals surface area (Å²) in [6, 6.07) is 0.634. The van der Waals surface area contributed by atoms with Gasteiger partial charge < -0.3 is 5.32 Å². The van der Waals surface area contributed by atoms with E-state index >= 15 is 0 Å². The molecule has 0 atom stereocenters. The van der Waals surface area contributed by atoms with Crippen molar-refractivity contribution in [3.05, 3.63) is 0 Å². The van der Waals surface area contributed by atoms with Crippen LogP contribution in [0.4, 0.5) is 0 Å². The van der Waals surface area contributed by atoms with Gasteiger partial charge in [-0.15, -0.1) is 0 Å². The van der Waals surface area contributed by atoms with E-state index in [1.165, 1.54) is 12.8 Å². The van der Waals surface area contributed by atoms with E-state index in [-0.39, 0.29) is 0 Å². The Hall–Kier alpha value is -0.0400. The van der Waals surface area contributed by atoms with Crippen molar-refractivity contribution in [1.29, 1.82) is 0 Å². The molecular formula is C8H21N. The number of unbranched alkanes of at least 4 members (excludes halogenated alkanes) is 1. The van der Waals surface area contributed by atoms with Gasteiger partial charge in [0.15, 0.2) is 0 Å². The van der Waals surface area contributed by atoms with E-state index in [0.29, 0.717) is 6.04 Å². The molecule has 0 amide bonds. The third-order valence-electron chi connectivity index (χ3n) is 1.08. The quantitative estimate of drug-likeness (QED) is 0.607. The Morgan fingerprint density at radius 1 is 1.11 bits per heavy atom. The van der Waals surface area contributed by atoms with Crippen molar-refractivity contribution in [1.82, 2.24) is 5.32 Å². The standard InChI is InChI=1S/C4H11N.C4H10/c1-4(2)5-3;1-3-4-2/h4-5H,1-3H3;3-4H2,1-2H3. The van der Waals surface area contributed by atoms with Crippen LogP contribution < -0.4 is 5.32 Å². The number of hydrogen-bond donors (Lipinski definition) is 1. The molecule has 0 aliphatic carbocycles. The smallest absolute Gasteiger partial charge is 0.000733 e. The van der Waals surface area contributed by atoms with Gasteiger partial charge in [0.2, 0.25) is 0 Å². The molecule has 0 aromatic rings. The van der Waals surface area contributed by atoms with E-state index in [2.05, 4.69) is 33.0 Å². The SMILES string of the molecule is CCCC.CNC(C)C. The summed E-state index contributed by atoms with van der Waals surface area (Å²) in [7, 11) is 1.95. The lowest BCUT2D eigenvalue weighted by Gasteiger charge is -1.95. The number of rotatable bonds is 2. The van der Waals surface area contributed by atoms with Crippen LogP contribution in [0.3, 0.4) is 0 Å². The second-order valence-corrected chi connectivity index (χ2v) is 2.44. The van der Waals surface area contributed by atoms with Crippen LogP contribution >= 0.6 is 0 Å². The van der Waals surface area contributed by atoms with Gasteiger partial charge in [-0.1, -0.05) is 40.5 Å². The fourth-order valence-corrected chi connectivity index (χ4v) is 0. The molecule has 0 spiro atoms. The van der Waals surface area contributed by atoms with Crippen LogP contribution in [0.5, 0.6) is 0 Å². The second-order valence-electron chi connectivity index (χ2n) is 2.44. The predicted octanol–water partition coefficient (Wildman–Crippen LogP) is 2.42. The molecule has 0 aliphatic heterocycles. The van der Waals surface area contributed by atoms with E-state index in [1.54, 1.807) is 0 Å². The molecule has 0 aromatic carbocycles. The zero-order chi connectivity index (χ0) is 7.70. The largest absolute Gasteiger partial charge is 0.318 e. The summed E-state index contributed by atoms with van der Waals surface area (Å²) < 4.78 is 0. The highest BCUT2D eigenvalue weighted by Gasteiger charge is 1.76. The molecule has 1 N–H and O–H groups in total. The van der Waals surface area contributed by atoms with E-state index in [4.69, 9.17) is 0 Å². The van der Waals surface area contributed by atoms with Crippen molar-refractivity contribution in [2.24, 2.45) is 0 Å². The minimum atomic E-state index is 0.634. The molecule has 0 aliphatic rings. The fourth-order valence-electron chi connectivity index (χ4n) is 0. The monoisotopic (exact) mass is 131 g/mol. The molecule has 0 saturated heterocycles. The lowest BCUT2D eigenvalue weighted by atomic mass is 10.4. The van der Waals surface area contributed by atoms with Gasteiger partial charge in [-0.3, -0.25) is 0 Å². The molecule has 0 unspecified atom stereocenters. The van der Waals surface area contributed by atoms with E-state index in [1.807, 2.05) is 7.05 Å². The van der Waals surface area contributed by atoms with Crippen LogP contribution in [0.1, 0.15) is 40.5 Å². The highest BCUT2D eigenvalue weighted by molar-refractivity contribution is 4.40. The second kappa shape index (κ2) is 10.9. The third-order valence-corrected chi connectivity index (χ3v) is 1.08. The average molecular weight is 131 g/mol. The molecule has 9 heavy (non-hydrogen) atoms. The average Bonchev–Trinajstić information content (AvgIpc) is 1.89. The maximum atomic E-state index is 3.03. The van der Waals surface area contributed by atoms with Crippen LogP contribution in [0, 0.1) is 0 Å². The normalized spacial score (nSPS) is 8.67. The molecule has 0 aromatic heterocycles. The summed E-state index contributed by atoms with van der Waals surface area (Å²) in [5, 5.41) is 3.03.